The van der Waals surface area contributed by atoms with Crippen molar-refractivity contribution in [3.05, 3.63) is 48.0 Å². The minimum atomic E-state index is -2.95. The van der Waals surface area contributed by atoms with Gasteiger partial charge in [-0.05, 0) is 42.6 Å². The summed E-state index contributed by atoms with van der Waals surface area (Å²) in [6, 6.07) is 10.2. The molecule has 0 aliphatic heterocycles. The van der Waals surface area contributed by atoms with Gasteiger partial charge in [0, 0.05) is 27.9 Å². The maximum absolute atomic E-state index is 12.7. The van der Waals surface area contributed by atoms with Crippen LogP contribution in [0.2, 0.25) is 0 Å². The topological polar surface area (TPSA) is 140 Å². The highest BCUT2D eigenvalue weighted by Crippen LogP contribution is 2.32. The third kappa shape index (κ3) is 6.73. The molecule has 1 aromatic carbocycles. The van der Waals surface area contributed by atoms with Crippen LogP contribution in [0.4, 0.5) is 16.4 Å². The van der Waals surface area contributed by atoms with Crippen LogP contribution in [0, 0.1) is 0 Å². The van der Waals surface area contributed by atoms with E-state index in [1.54, 1.807) is 37.4 Å². The van der Waals surface area contributed by atoms with Crippen molar-refractivity contribution in [2.24, 2.45) is 4.36 Å². The fraction of sp³-hybridized carbons (Fsp3) is 0.238. The molecule has 0 bridgehead atoms. The van der Waals surface area contributed by atoms with Crippen molar-refractivity contribution in [3.63, 3.8) is 0 Å². The van der Waals surface area contributed by atoms with Crippen LogP contribution in [0.15, 0.2) is 57.2 Å². The maximum Gasteiger partial charge on any atom is 0.442 e. The smallest absolute Gasteiger partial charge is 0.442 e. The van der Waals surface area contributed by atoms with Crippen LogP contribution in [-0.4, -0.2) is 50.8 Å². The van der Waals surface area contributed by atoms with Crippen molar-refractivity contribution in [1.29, 1.82) is 0 Å². The van der Waals surface area contributed by atoms with Crippen molar-refractivity contribution in [2.45, 2.75) is 18.2 Å². The van der Waals surface area contributed by atoms with E-state index in [1.165, 1.54) is 17.6 Å². The van der Waals surface area contributed by atoms with Gasteiger partial charge in [-0.2, -0.15) is 4.98 Å². The Morgan fingerprint density at radius 2 is 2.00 bits per heavy atom. The average Bonchev–Trinajstić information content (AvgIpc) is 3.28. The third-order valence-electron chi connectivity index (χ3n) is 4.16. The van der Waals surface area contributed by atoms with Crippen LogP contribution < -0.4 is 10.1 Å². The predicted molar refractivity (Wildman–Crippen MR) is 125 cm³/mol. The molecule has 174 valence electrons. The second kappa shape index (κ2) is 10.9. The van der Waals surface area contributed by atoms with Gasteiger partial charge in [-0.15, -0.1) is 15.7 Å². The van der Waals surface area contributed by atoms with E-state index in [2.05, 4.69) is 19.6 Å². The average molecular weight is 491 g/mol. The Bertz CT molecular complexity index is 1240. The summed E-state index contributed by atoms with van der Waals surface area (Å²) in [7, 11) is -2.95. The van der Waals surface area contributed by atoms with Crippen molar-refractivity contribution in [3.8, 4) is 16.3 Å². The number of carbonyl (C=O) groups excluding carboxylic acids is 1. The van der Waals surface area contributed by atoms with Crippen LogP contribution in [-0.2, 0) is 19.3 Å². The molecule has 0 fully saturated rings. The van der Waals surface area contributed by atoms with Crippen LogP contribution in [0.5, 0.6) is 5.88 Å². The third-order valence-corrected chi connectivity index (χ3v) is 6.71. The Balaban J connectivity index is 1.80. The Kier molecular flexibility index (Phi) is 7.96. The highest BCUT2D eigenvalue weighted by Gasteiger charge is 2.14. The molecule has 33 heavy (non-hydrogen) atoms. The summed E-state index contributed by atoms with van der Waals surface area (Å²) in [6.45, 7) is 1.75. The van der Waals surface area contributed by atoms with Gasteiger partial charge in [0.15, 0.2) is 0 Å². The lowest BCUT2D eigenvalue weighted by Gasteiger charge is -2.11. The summed E-state index contributed by atoms with van der Waals surface area (Å²) >= 11 is 1.48. The number of nitrogens with one attached hydrogen (secondary N) is 1. The Morgan fingerprint density at radius 1 is 1.24 bits per heavy atom. The van der Waals surface area contributed by atoms with Gasteiger partial charge in [-0.3, -0.25) is 4.79 Å². The molecular weight excluding hydrogens is 468 g/mol. The van der Waals surface area contributed by atoms with E-state index in [1.807, 2.05) is 17.5 Å². The Labute approximate surface area is 194 Å². The summed E-state index contributed by atoms with van der Waals surface area (Å²) in [6.07, 6.45) is 1.93. The molecule has 2 aromatic heterocycles. The lowest BCUT2D eigenvalue weighted by molar-refractivity contribution is -0.137. The first kappa shape index (κ1) is 24.1. The van der Waals surface area contributed by atoms with Gasteiger partial charge < -0.3 is 19.9 Å². The number of hydrogen-bond acceptors (Lipinski definition) is 9. The van der Waals surface area contributed by atoms with Crippen molar-refractivity contribution in [2.75, 3.05) is 24.8 Å². The number of aliphatic carboxylic acids is 1. The van der Waals surface area contributed by atoms with Crippen LogP contribution >= 0.6 is 11.3 Å². The molecule has 0 radical (unpaired) electrons. The van der Waals surface area contributed by atoms with Gasteiger partial charge in [0.2, 0.25) is 11.8 Å². The Hall–Kier alpha value is -3.51. The highest BCUT2D eigenvalue weighted by molar-refractivity contribution is 7.93. The predicted octanol–water partition coefficient (Wildman–Crippen LogP) is 4.42. The molecule has 0 saturated carbocycles. The number of rotatable bonds is 9. The number of amides is 1. The molecule has 2 N–H and O–H groups in total. The van der Waals surface area contributed by atoms with Gasteiger partial charge in [0.05, 0.1) is 28.3 Å². The fourth-order valence-electron chi connectivity index (χ4n) is 2.64. The SMILES string of the molecule is CCOC(=O)N=S(C)(=O)c1ccc(Nc2ncc(-c3cccs3)c(OCCC(=O)O)n2)cc1. The monoisotopic (exact) mass is 490 g/mol. The zero-order chi connectivity index (χ0) is 23.8. The summed E-state index contributed by atoms with van der Waals surface area (Å²) in [5.74, 6) is -0.471. The zero-order valence-corrected chi connectivity index (χ0v) is 19.5. The molecular formula is C21H22N4O6S2. The van der Waals surface area contributed by atoms with Crippen molar-refractivity contribution in [1.82, 2.24) is 9.97 Å². The van der Waals surface area contributed by atoms with Crippen LogP contribution in [0.1, 0.15) is 13.3 Å². The Morgan fingerprint density at radius 3 is 2.64 bits per heavy atom. The van der Waals surface area contributed by atoms with E-state index in [-0.39, 0.29) is 31.5 Å². The molecule has 2 heterocycles. The number of hydrogen-bond donors (Lipinski definition) is 2. The summed E-state index contributed by atoms with van der Waals surface area (Å²) in [5.41, 5.74) is 1.26. The van der Waals surface area contributed by atoms with Gasteiger partial charge in [-0.1, -0.05) is 6.07 Å². The maximum atomic E-state index is 12.7. The lowest BCUT2D eigenvalue weighted by atomic mass is 10.2. The summed E-state index contributed by atoms with van der Waals surface area (Å²) < 4.78 is 26.7. The first-order valence-corrected chi connectivity index (χ1v) is 12.6. The molecule has 3 rings (SSSR count). The van der Waals surface area contributed by atoms with E-state index in [0.717, 1.165) is 4.88 Å². The van der Waals surface area contributed by atoms with Crippen molar-refractivity contribution >= 4 is 44.8 Å². The van der Waals surface area contributed by atoms with E-state index < -0.39 is 21.8 Å². The van der Waals surface area contributed by atoms with E-state index in [0.29, 0.717) is 16.1 Å². The molecule has 1 atom stereocenters. The van der Waals surface area contributed by atoms with E-state index in [4.69, 9.17) is 14.6 Å². The number of aromatic nitrogens is 2. The van der Waals surface area contributed by atoms with Gasteiger partial charge in [0.25, 0.3) is 0 Å². The normalized spacial score (nSPS) is 12.4. The second-order valence-electron chi connectivity index (χ2n) is 6.62. The number of carboxylic acid groups (broad SMARTS) is 1. The number of benzene rings is 1. The van der Waals surface area contributed by atoms with Crippen molar-refractivity contribution < 1.29 is 28.4 Å². The van der Waals surface area contributed by atoms with E-state index >= 15 is 0 Å². The quantitative estimate of drug-likeness (QED) is 0.446. The van der Waals surface area contributed by atoms with Gasteiger partial charge >= 0.3 is 12.1 Å². The fourth-order valence-corrected chi connectivity index (χ4v) is 4.45. The molecule has 0 aliphatic carbocycles. The van der Waals surface area contributed by atoms with Gasteiger partial charge in [-0.25, -0.2) is 14.0 Å². The first-order valence-electron chi connectivity index (χ1n) is 9.80. The largest absolute Gasteiger partial charge is 0.481 e. The number of anilines is 2. The lowest BCUT2D eigenvalue weighted by Crippen LogP contribution is -2.08. The molecule has 1 unspecified atom stereocenters. The number of ether oxygens (including phenoxy) is 2. The molecule has 12 heteroatoms. The molecule has 0 aliphatic rings. The number of nitrogens with zero attached hydrogens (tertiary/aromatic N) is 3. The minimum absolute atomic E-state index is 0.0340. The molecule has 0 saturated heterocycles. The number of carboxylic acids is 1. The highest BCUT2D eigenvalue weighted by atomic mass is 32.2. The molecule has 3 aromatic rings. The first-order chi connectivity index (χ1) is 15.8. The minimum Gasteiger partial charge on any atom is -0.481 e. The van der Waals surface area contributed by atoms with E-state index in [9.17, 15) is 13.8 Å². The van der Waals surface area contributed by atoms with Crippen LogP contribution in [0.25, 0.3) is 10.4 Å². The number of carbonyl (C=O) groups is 2. The number of thiophene rings is 1. The van der Waals surface area contributed by atoms with Crippen LogP contribution in [0.3, 0.4) is 0 Å². The molecule has 10 nitrogen and oxygen atoms in total. The molecule has 0 spiro atoms. The summed E-state index contributed by atoms with van der Waals surface area (Å²) in [4.78, 5) is 32.3. The zero-order valence-electron chi connectivity index (χ0n) is 17.9. The second-order valence-corrected chi connectivity index (χ2v) is 9.83. The summed E-state index contributed by atoms with van der Waals surface area (Å²) in [5, 5.41) is 13.8. The van der Waals surface area contributed by atoms with Gasteiger partial charge in [0.1, 0.15) is 6.61 Å². The standard InChI is InChI=1S/C21H22N4O6S2/c1-3-30-21(28)25-33(2,29)15-8-6-14(7-9-15)23-20-22-13-16(17-5-4-12-32-17)19(24-20)31-11-10-18(26)27/h4-9,12-13H,3,10-11H2,1-2H3,(H,26,27)(H,22,23,24). The molecule has 1 amide bonds.